The van der Waals surface area contributed by atoms with Gasteiger partial charge in [-0.3, -0.25) is 9.59 Å². The third-order valence-electron chi connectivity index (χ3n) is 3.17. The lowest BCUT2D eigenvalue weighted by molar-refractivity contribution is 0.101. The quantitative estimate of drug-likeness (QED) is 0.792. The second-order valence-electron chi connectivity index (χ2n) is 4.73. The smallest absolute Gasteiger partial charge is 0.277 e. The Bertz CT molecular complexity index is 720. The Hall–Kier alpha value is -2.43. The molecule has 1 aromatic carbocycles. The fourth-order valence-electron chi connectivity index (χ4n) is 2.15. The van der Waals surface area contributed by atoms with Gasteiger partial charge in [0.15, 0.2) is 5.78 Å². The SMILES string of the molecule is CCCn1nc(-c2ccccc2OC)cc(C(C)=O)c1=O. The molecule has 0 bridgehead atoms. The minimum Gasteiger partial charge on any atom is -0.496 e. The van der Waals surface area contributed by atoms with Crippen LogP contribution in [0.3, 0.4) is 0 Å². The summed E-state index contributed by atoms with van der Waals surface area (Å²) in [6.45, 7) is 3.82. The van der Waals surface area contributed by atoms with Crippen LogP contribution >= 0.6 is 0 Å². The number of hydrogen-bond acceptors (Lipinski definition) is 4. The van der Waals surface area contributed by atoms with Gasteiger partial charge < -0.3 is 4.74 Å². The zero-order chi connectivity index (χ0) is 15.4. The second kappa shape index (κ2) is 6.35. The van der Waals surface area contributed by atoms with Crippen molar-refractivity contribution >= 4 is 5.78 Å². The molecule has 0 aliphatic rings. The number of rotatable bonds is 5. The van der Waals surface area contributed by atoms with Gasteiger partial charge >= 0.3 is 0 Å². The molecule has 5 nitrogen and oxygen atoms in total. The Morgan fingerprint density at radius 3 is 2.67 bits per heavy atom. The van der Waals surface area contributed by atoms with E-state index < -0.39 is 0 Å². The van der Waals surface area contributed by atoms with E-state index in [1.54, 1.807) is 7.11 Å². The van der Waals surface area contributed by atoms with Crippen LogP contribution in [-0.2, 0) is 6.54 Å². The Kier molecular flexibility index (Phi) is 4.52. The summed E-state index contributed by atoms with van der Waals surface area (Å²) in [4.78, 5) is 23.9. The highest BCUT2D eigenvalue weighted by atomic mass is 16.5. The van der Waals surface area contributed by atoms with Crippen molar-refractivity contribution in [2.45, 2.75) is 26.8 Å². The molecule has 0 N–H and O–H groups in total. The van der Waals surface area contributed by atoms with Crippen LogP contribution in [0, 0.1) is 0 Å². The maximum atomic E-state index is 12.2. The molecule has 5 heteroatoms. The molecule has 0 atom stereocenters. The van der Waals surface area contributed by atoms with Gasteiger partial charge in [0.2, 0.25) is 0 Å². The van der Waals surface area contributed by atoms with Gasteiger partial charge in [0.1, 0.15) is 5.75 Å². The molecule has 110 valence electrons. The summed E-state index contributed by atoms with van der Waals surface area (Å²) in [6, 6.07) is 8.93. The first kappa shape index (κ1) is 15.0. The van der Waals surface area contributed by atoms with Crippen molar-refractivity contribution in [1.82, 2.24) is 9.78 Å². The van der Waals surface area contributed by atoms with E-state index >= 15 is 0 Å². The van der Waals surface area contributed by atoms with Crippen LogP contribution in [0.1, 0.15) is 30.6 Å². The molecule has 1 aromatic heterocycles. The minimum absolute atomic E-state index is 0.152. The van der Waals surface area contributed by atoms with Gasteiger partial charge in [0, 0.05) is 12.1 Å². The number of aryl methyl sites for hydroxylation is 1. The standard InChI is InChI=1S/C16H18N2O3/c1-4-9-18-16(20)13(11(2)19)10-14(17-18)12-7-5-6-8-15(12)21-3/h5-8,10H,4,9H2,1-3H3. The highest BCUT2D eigenvalue weighted by Crippen LogP contribution is 2.27. The van der Waals surface area contributed by atoms with E-state index in [2.05, 4.69) is 5.10 Å². The van der Waals surface area contributed by atoms with E-state index in [0.717, 1.165) is 12.0 Å². The maximum Gasteiger partial charge on any atom is 0.277 e. The predicted molar refractivity (Wildman–Crippen MR) is 80.8 cm³/mol. The average molecular weight is 286 g/mol. The lowest BCUT2D eigenvalue weighted by atomic mass is 10.1. The summed E-state index contributed by atoms with van der Waals surface area (Å²) in [5, 5.41) is 4.36. The number of para-hydroxylation sites is 1. The lowest BCUT2D eigenvalue weighted by Crippen LogP contribution is -2.28. The van der Waals surface area contributed by atoms with Gasteiger partial charge in [0.05, 0.1) is 18.4 Å². The normalized spacial score (nSPS) is 10.4. The molecule has 0 spiro atoms. The first-order valence-electron chi connectivity index (χ1n) is 6.85. The van der Waals surface area contributed by atoms with Crippen molar-refractivity contribution in [3.63, 3.8) is 0 Å². The number of Topliss-reactive ketones (excluding diaryl/α,β-unsaturated/α-hetero) is 1. The molecular weight excluding hydrogens is 268 g/mol. The summed E-state index contributed by atoms with van der Waals surface area (Å²) < 4.78 is 6.66. The molecule has 21 heavy (non-hydrogen) atoms. The summed E-state index contributed by atoms with van der Waals surface area (Å²) in [7, 11) is 1.58. The van der Waals surface area contributed by atoms with Gasteiger partial charge in [-0.2, -0.15) is 5.10 Å². The number of benzene rings is 1. The molecular formula is C16H18N2O3. The molecule has 2 aromatic rings. The maximum absolute atomic E-state index is 12.2. The number of carbonyl (C=O) groups excluding carboxylic acids is 1. The minimum atomic E-state index is -0.344. The molecule has 0 aliphatic carbocycles. The number of carbonyl (C=O) groups is 1. The largest absolute Gasteiger partial charge is 0.496 e. The fraction of sp³-hybridized carbons (Fsp3) is 0.312. The predicted octanol–water partition coefficient (Wildman–Crippen LogP) is 2.53. The third kappa shape index (κ3) is 3.02. The molecule has 0 saturated carbocycles. The summed E-state index contributed by atoms with van der Waals surface area (Å²) in [5.41, 5.74) is 1.13. The molecule has 1 heterocycles. The van der Waals surface area contributed by atoms with Gasteiger partial charge in [-0.1, -0.05) is 19.1 Å². The molecule has 0 saturated heterocycles. The van der Waals surface area contributed by atoms with Gasteiger partial charge in [-0.15, -0.1) is 0 Å². The molecule has 0 unspecified atom stereocenters. The van der Waals surface area contributed by atoms with Crippen molar-refractivity contribution < 1.29 is 9.53 Å². The number of aromatic nitrogens is 2. The lowest BCUT2D eigenvalue weighted by Gasteiger charge is -2.11. The van der Waals surface area contributed by atoms with E-state index in [9.17, 15) is 9.59 Å². The number of hydrogen-bond donors (Lipinski definition) is 0. The Labute approximate surface area is 123 Å². The molecule has 0 fully saturated rings. The number of methoxy groups -OCH3 is 1. The van der Waals surface area contributed by atoms with E-state index in [4.69, 9.17) is 4.74 Å². The molecule has 2 rings (SSSR count). The summed E-state index contributed by atoms with van der Waals surface area (Å²) in [6.07, 6.45) is 0.764. The van der Waals surface area contributed by atoms with Crippen LogP contribution in [0.2, 0.25) is 0 Å². The van der Waals surface area contributed by atoms with Crippen molar-refractivity contribution in [2.24, 2.45) is 0 Å². The highest BCUT2D eigenvalue weighted by Gasteiger charge is 2.15. The number of nitrogens with zero attached hydrogens (tertiary/aromatic N) is 2. The van der Waals surface area contributed by atoms with E-state index in [1.165, 1.54) is 17.7 Å². The van der Waals surface area contributed by atoms with E-state index in [1.807, 2.05) is 31.2 Å². The number of ether oxygens (including phenoxy) is 1. The van der Waals surface area contributed by atoms with Crippen LogP contribution in [0.4, 0.5) is 0 Å². The summed E-state index contributed by atoms with van der Waals surface area (Å²) >= 11 is 0. The zero-order valence-corrected chi connectivity index (χ0v) is 12.4. The summed E-state index contributed by atoms with van der Waals surface area (Å²) in [5.74, 6) is 0.393. The van der Waals surface area contributed by atoms with Crippen LogP contribution in [-0.4, -0.2) is 22.7 Å². The van der Waals surface area contributed by atoms with Crippen molar-refractivity contribution in [3.05, 3.63) is 46.2 Å². The Morgan fingerprint density at radius 2 is 2.05 bits per heavy atom. The number of ketones is 1. The van der Waals surface area contributed by atoms with Gasteiger partial charge in [0.25, 0.3) is 5.56 Å². The van der Waals surface area contributed by atoms with E-state index in [-0.39, 0.29) is 16.9 Å². The van der Waals surface area contributed by atoms with Gasteiger partial charge in [-0.05, 0) is 31.5 Å². The van der Waals surface area contributed by atoms with Crippen LogP contribution in [0.15, 0.2) is 35.1 Å². The molecule has 0 radical (unpaired) electrons. The zero-order valence-electron chi connectivity index (χ0n) is 12.4. The van der Waals surface area contributed by atoms with Crippen molar-refractivity contribution in [1.29, 1.82) is 0 Å². The van der Waals surface area contributed by atoms with Crippen LogP contribution in [0.5, 0.6) is 5.75 Å². The van der Waals surface area contributed by atoms with Crippen LogP contribution < -0.4 is 10.3 Å². The first-order chi connectivity index (χ1) is 10.1. The third-order valence-corrected chi connectivity index (χ3v) is 3.17. The first-order valence-corrected chi connectivity index (χ1v) is 6.85. The highest BCUT2D eigenvalue weighted by molar-refractivity contribution is 5.94. The second-order valence-corrected chi connectivity index (χ2v) is 4.73. The van der Waals surface area contributed by atoms with E-state index in [0.29, 0.717) is 18.0 Å². The van der Waals surface area contributed by atoms with Crippen molar-refractivity contribution in [2.75, 3.05) is 7.11 Å². The molecule has 0 amide bonds. The topological polar surface area (TPSA) is 61.2 Å². The van der Waals surface area contributed by atoms with Crippen molar-refractivity contribution in [3.8, 4) is 17.0 Å². The Morgan fingerprint density at radius 1 is 1.33 bits per heavy atom. The van der Waals surface area contributed by atoms with Gasteiger partial charge in [-0.25, -0.2) is 4.68 Å². The van der Waals surface area contributed by atoms with Crippen LogP contribution in [0.25, 0.3) is 11.3 Å². The molecule has 0 aliphatic heterocycles. The fourth-order valence-corrected chi connectivity index (χ4v) is 2.15. The Balaban J connectivity index is 2.69. The average Bonchev–Trinajstić information content (AvgIpc) is 2.49. The monoisotopic (exact) mass is 286 g/mol.